The summed E-state index contributed by atoms with van der Waals surface area (Å²) >= 11 is 0. The van der Waals surface area contributed by atoms with E-state index in [1.54, 1.807) is 0 Å². The molecular weight excluding hydrogens is 558 g/mol. The number of benzene rings is 1. The Balaban J connectivity index is 1.53. The molecule has 0 spiro atoms. The molecule has 15 heteroatoms. The summed E-state index contributed by atoms with van der Waals surface area (Å²) in [6.07, 6.45) is -5.29. The van der Waals surface area contributed by atoms with E-state index < -0.39 is 73.2 Å². The molecule has 1 fully saturated rings. The Morgan fingerprint density at radius 2 is 1.90 bits per heavy atom. The standard InChI is InChI=1S/C27H38F2N6O7/c1-15(2)10-18(31-12-19(37)17(30)11-16-6-4-3-5-7-16)24(40)32-13-22(38)33-21-8-9-35(26(41)34-21)25-27(28,29)23(39)20(14-36)42-25/h3-9,15,17-20,23,25,31,36-37,39H,10-14,30H2,1-2H3,(H,32,40)(H,33,34,38,41)/t17-,18+,19+,20-,23-,25-/m1/s1. The van der Waals surface area contributed by atoms with Crippen LogP contribution in [0.1, 0.15) is 32.1 Å². The number of anilines is 1. The number of nitrogens with two attached hydrogens (primary N) is 1. The molecule has 1 aliphatic heterocycles. The van der Waals surface area contributed by atoms with Crippen LogP contribution in [0.25, 0.3) is 0 Å². The minimum absolute atomic E-state index is 0.0467. The van der Waals surface area contributed by atoms with E-state index in [0.29, 0.717) is 17.4 Å². The van der Waals surface area contributed by atoms with E-state index in [0.717, 1.165) is 17.8 Å². The molecule has 3 rings (SSSR count). The Bertz CT molecular complexity index is 1250. The molecule has 2 aromatic rings. The van der Waals surface area contributed by atoms with Crippen molar-refractivity contribution in [2.24, 2.45) is 11.7 Å². The van der Waals surface area contributed by atoms with Gasteiger partial charge in [0.25, 0.3) is 0 Å². The van der Waals surface area contributed by atoms with Crippen molar-refractivity contribution in [1.82, 2.24) is 20.2 Å². The summed E-state index contributed by atoms with van der Waals surface area (Å²) < 4.78 is 34.1. The van der Waals surface area contributed by atoms with Gasteiger partial charge in [0.1, 0.15) is 11.9 Å². The van der Waals surface area contributed by atoms with Crippen LogP contribution in [0.4, 0.5) is 14.6 Å². The van der Waals surface area contributed by atoms with Crippen molar-refractivity contribution < 1.29 is 38.4 Å². The molecule has 0 aliphatic carbocycles. The Kier molecular flexibility index (Phi) is 11.6. The Morgan fingerprint density at radius 1 is 1.21 bits per heavy atom. The van der Waals surface area contributed by atoms with Crippen molar-refractivity contribution in [2.45, 2.75) is 69.2 Å². The van der Waals surface area contributed by atoms with Crippen LogP contribution in [0.15, 0.2) is 47.4 Å². The summed E-state index contributed by atoms with van der Waals surface area (Å²) in [5, 5.41) is 37.1. The van der Waals surface area contributed by atoms with Crippen LogP contribution in [0.3, 0.4) is 0 Å². The van der Waals surface area contributed by atoms with Crippen LogP contribution in [-0.2, 0) is 20.7 Å². The minimum atomic E-state index is -3.88. The first-order valence-electron chi connectivity index (χ1n) is 13.5. The van der Waals surface area contributed by atoms with E-state index in [4.69, 9.17) is 15.6 Å². The highest BCUT2D eigenvalue weighted by molar-refractivity contribution is 5.94. The molecule has 0 saturated carbocycles. The first-order chi connectivity index (χ1) is 19.8. The number of nitrogens with one attached hydrogen (secondary N) is 3. The van der Waals surface area contributed by atoms with E-state index in [1.165, 1.54) is 0 Å². The second-order valence-electron chi connectivity index (χ2n) is 10.6. The van der Waals surface area contributed by atoms with E-state index in [1.807, 2.05) is 44.2 Å². The fraction of sp³-hybridized carbons (Fsp3) is 0.556. The quantitative estimate of drug-likeness (QED) is 0.144. The number of carbonyl (C=O) groups excluding carboxylic acids is 2. The first-order valence-corrected chi connectivity index (χ1v) is 13.5. The number of hydrogen-bond donors (Lipinski definition) is 7. The number of alkyl halides is 2. The van der Waals surface area contributed by atoms with Crippen LogP contribution in [0.5, 0.6) is 0 Å². The van der Waals surface area contributed by atoms with Gasteiger partial charge < -0.3 is 41.7 Å². The first kappa shape index (κ1) is 33.2. The molecular formula is C27H38F2N6O7. The van der Waals surface area contributed by atoms with Gasteiger partial charge in [0.2, 0.25) is 18.0 Å². The van der Waals surface area contributed by atoms with Crippen LogP contribution in [-0.4, -0.2) is 92.7 Å². The van der Waals surface area contributed by atoms with Gasteiger partial charge in [-0.2, -0.15) is 13.8 Å². The molecule has 0 bridgehead atoms. The molecule has 1 aromatic carbocycles. The van der Waals surface area contributed by atoms with Crippen LogP contribution in [0.2, 0.25) is 0 Å². The number of hydrogen-bond acceptors (Lipinski definition) is 10. The third-order valence-electron chi connectivity index (χ3n) is 6.74. The molecule has 13 nitrogen and oxygen atoms in total. The average molecular weight is 597 g/mol. The van der Waals surface area contributed by atoms with Crippen molar-refractivity contribution in [3.8, 4) is 0 Å². The number of halogens is 2. The van der Waals surface area contributed by atoms with E-state index in [9.17, 15) is 33.4 Å². The number of aliphatic hydroxyl groups excluding tert-OH is 3. The van der Waals surface area contributed by atoms with Gasteiger partial charge in [-0.3, -0.25) is 14.2 Å². The maximum atomic E-state index is 14.4. The van der Waals surface area contributed by atoms with Gasteiger partial charge in [-0.1, -0.05) is 44.2 Å². The fourth-order valence-electron chi connectivity index (χ4n) is 4.45. The third-order valence-corrected chi connectivity index (χ3v) is 6.74. The van der Waals surface area contributed by atoms with E-state index >= 15 is 0 Å². The number of aliphatic hydroxyl groups is 3. The third kappa shape index (κ3) is 8.59. The maximum Gasteiger partial charge on any atom is 0.351 e. The molecule has 0 unspecified atom stereocenters. The molecule has 0 radical (unpaired) electrons. The number of carbonyl (C=O) groups is 2. The lowest BCUT2D eigenvalue weighted by Gasteiger charge is -2.24. The normalized spacial score (nSPS) is 22.0. The largest absolute Gasteiger partial charge is 0.394 e. The molecule has 42 heavy (non-hydrogen) atoms. The highest BCUT2D eigenvalue weighted by Crippen LogP contribution is 2.41. The SMILES string of the molecule is CC(C)C[C@H](NC[C@H](O)[C@H](N)Cc1ccccc1)C(=O)NCC(=O)Nc1ccn([C@@H]2O[C@H](CO)[C@@H](O)C2(F)F)c(=O)n1. The van der Waals surface area contributed by atoms with Gasteiger partial charge in [0.15, 0.2) is 6.10 Å². The van der Waals surface area contributed by atoms with Crippen molar-refractivity contribution in [2.75, 3.05) is 25.0 Å². The highest BCUT2D eigenvalue weighted by atomic mass is 19.3. The zero-order valence-electron chi connectivity index (χ0n) is 23.3. The number of rotatable bonds is 14. The molecule has 2 heterocycles. The molecule has 2 amide bonds. The Morgan fingerprint density at radius 3 is 2.50 bits per heavy atom. The summed E-state index contributed by atoms with van der Waals surface area (Å²) in [5.41, 5.74) is 5.91. The van der Waals surface area contributed by atoms with Gasteiger partial charge in [-0.15, -0.1) is 0 Å². The lowest BCUT2D eigenvalue weighted by Crippen LogP contribution is -2.51. The van der Waals surface area contributed by atoms with Crippen molar-refractivity contribution in [3.63, 3.8) is 0 Å². The molecule has 1 saturated heterocycles. The summed E-state index contributed by atoms with van der Waals surface area (Å²) in [5.74, 6) is -5.26. The summed E-state index contributed by atoms with van der Waals surface area (Å²) in [4.78, 5) is 41.2. The average Bonchev–Trinajstić information content (AvgIpc) is 3.17. The number of ether oxygens (including phenoxy) is 1. The highest BCUT2D eigenvalue weighted by Gasteiger charge is 2.59. The predicted molar refractivity (Wildman–Crippen MR) is 147 cm³/mol. The maximum absolute atomic E-state index is 14.4. The fourth-order valence-corrected chi connectivity index (χ4v) is 4.45. The van der Waals surface area contributed by atoms with Crippen molar-refractivity contribution in [3.05, 3.63) is 58.6 Å². The zero-order chi connectivity index (χ0) is 31.0. The predicted octanol–water partition coefficient (Wildman–Crippen LogP) is -0.881. The zero-order valence-corrected chi connectivity index (χ0v) is 23.3. The summed E-state index contributed by atoms with van der Waals surface area (Å²) in [6, 6.07) is 9.22. The molecule has 8 N–H and O–H groups in total. The van der Waals surface area contributed by atoms with E-state index in [-0.39, 0.29) is 18.3 Å². The molecule has 1 aromatic heterocycles. The van der Waals surface area contributed by atoms with Crippen LogP contribution in [0, 0.1) is 5.92 Å². The molecule has 6 atom stereocenters. The monoisotopic (exact) mass is 596 g/mol. The number of nitrogens with zero attached hydrogens (tertiary/aromatic N) is 2. The van der Waals surface area contributed by atoms with Crippen LogP contribution < -0.4 is 27.4 Å². The topological polar surface area (TPSA) is 201 Å². The Hall–Kier alpha value is -3.34. The number of aromatic nitrogens is 2. The molecule has 232 valence electrons. The lowest BCUT2D eigenvalue weighted by molar-refractivity contribution is -0.141. The van der Waals surface area contributed by atoms with Crippen molar-refractivity contribution in [1.29, 1.82) is 0 Å². The summed E-state index contributed by atoms with van der Waals surface area (Å²) in [7, 11) is 0. The van der Waals surface area contributed by atoms with Gasteiger partial charge in [0.05, 0.1) is 25.3 Å². The second-order valence-corrected chi connectivity index (χ2v) is 10.6. The number of amides is 2. The van der Waals surface area contributed by atoms with Crippen molar-refractivity contribution >= 4 is 17.6 Å². The summed E-state index contributed by atoms with van der Waals surface area (Å²) in [6.45, 7) is 2.51. The van der Waals surface area contributed by atoms with Gasteiger partial charge >= 0.3 is 11.6 Å². The molecule has 1 aliphatic rings. The minimum Gasteiger partial charge on any atom is -0.394 e. The van der Waals surface area contributed by atoms with Gasteiger partial charge in [0, 0.05) is 18.8 Å². The van der Waals surface area contributed by atoms with Crippen LogP contribution >= 0.6 is 0 Å². The van der Waals surface area contributed by atoms with Gasteiger partial charge in [-0.25, -0.2) is 4.79 Å². The Labute approximate surface area is 241 Å². The second kappa shape index (κ2) is 14.7. The van der Waals surface area contributed by atoms with E-state index in [2.05, 4.69) is 20.9 Å². The van der Waals surface area contributed by atoms with Gasteiger partial charge in [-0.05, 0) is 30.4 Å². The lowest BCUT2D eigenvalue weighted by atomic mass is 10.00. The smallest absolute Gasteiger partial charge is 0.351 e.